The van der Waals surface area contributed by atoms with Gasteiger partial charge >= 0.3 is 6.18 Å². The van der Waals surface area contributed by atoms with E-state index in [0.29, 0.717) is 5.92 Å². The number of oxime groups is 1. The summed E-state index contributed by atoms with van der Waals surface area (Å²) in [5.74, 6) is 0.00947. The lowest BCUT2D eigenvalue weighted by Crippen LogP contribution is -2.36. The summed E-state index contributed by atoms with van der Waals surface area (Å²) in [5.41, 5.74) is -0.672. The van der Waals surface area contributed by atoms with Gasteiger partial charge in [-0.2, -0.15) is 13.2 Å². The number of halogens is 3. The Bertz CT molecular complexity index is 299. The predicted octanol–water partition coefficient (Wildman–Crippen LogP) is 2.35. The van der Waals surface area contributed by atoms with Gasteiger partial charge in [0.2, 0.25) is 0 Å². The topological polar surface area (TPSA) is 21.6 Å². The molecule has 1 heterocycles. The Morgan fingerprint density at radius 1 is 1.21 bits per heavy atom. The lowest BCUT2D eigenvalue weighted by atomic mass is 9.83. The fraction of sp³-hybridized carbons (Fsp3) is 0.889. The zero-order chi connectivity index (χ0) is 9.92. The highest BCUT2D eigenvalue weighted by molar-refractivity contribution is 5.93. The van der Waals surface area contributed by atoms with E-state index in [1.54, 1.807) is 0 Å². The molecule has 2 saturated carbocycles. The van der Waals surface area contributed by atoms with Gasteiger partial charge in [-0.15, -0.1) is 0 Å². The van der Waals surface area contributed by atoms with Crippen molar-refractivity contribution < 1.29 is 18.0 Å². The molecule has 0 N–H and O–H groups in total. The van der Waals surface area contributed by atoms with E-state index in [-0.39, 0.29) is 12.0 Å². The van der Waals surface area contributed by atoms with Crippen LogP contribution in [0.1, 0.15) is 19.3 Å². The Morgan fingerprint density at radius 3 is 2.64 bits per heavy atom. The second-order valence-corrected chi connectivity index (χ2v) is 4.40. The van der Waals surface area contributed by atoms with Crippen LogP contribution in [-0.2, 0) is 4.84 Å². The van der Waals surface area contributed by atoms with Crippen LogP contribution in [0.2, 0.25) is 0 Å². The second-order valence-electron chi connectivity index (χ2n) is 4.40. The molecule has 2 fully saturated rings. The smallest absolute Gasteiger partial charge is 0.391 e. The molecule has 5 heteroatoms. The SMILES string of the molecule is FC(F)(F)C1=NO[C@@H]2[C@H]3CC[C@@H](C3)[C@H]12. The minimum Gasteiger partial charge on any atom is -0.391 e. The molecule has 4 atom stereocenters. The van der Waals surface area contributed by atoms with Gasteiger partial charge in [-0.3, -0.25) is 0 Å². The Kier molecular flexibility index (Phi) is 1.49. The summed E-state index contributed by atoms with van der Waals surface area (Å²) in [4.78, 5) is 4.92. The fourth-order valence-electron chi connectivity index (χ4n) is 3.19. The maximum Gasteiger partial charge on any atom is 0.433 e. The molecule has 0 unspecified atom stereocenters. The van der Waals surface area contributed by atoms with E-state index in [9.17, 15) is 13.2 Å². The van der Waals surface area contributed by atoms with Crippen LogP contribution in [0.5, 0.6) is 0 Å². The normalized spacial score (nSPS) is 44.9. The monoisotopic (exact) mass is 205 g/mol. The third-order valence-corrected chi connectivity index (χ3v) is 3.72. The van der Waals surface area contributed by atoms with Gasteiger partial charge in [-0.25, -0.2) is 0 Å². The van der Waals surface area contributed by atoms with Crippen LogP contribution in [0.3, 0.4) is 0 Å². The number of nitrogens with zero attached hydrogens (tertiary/aromatic N) is 1. The standard InChI is InChI=1S/C9H10F3NO/c10-9(11,12)8-6-4-1-2-5(3-4)7(6)14-13-8/h4-7H,1-3H2/t4-,5-,6-,7+/m0/s1. The summed E-state index contributed by atoms with van der Waals surface area (Å²) in [6.07, 6.45) is -1.77. The first-order valence-electron chi connectivity index (χ1n) is 4.88. The van der Waals surface area contributed by atoms with Gasteiger partial charge in [0.05, 0.1) is 5.92 Å². The third kappa shape index (κ3) is 0.953. The van der Waals surface area contributed by atoms with E-state index in [1.165, 1.54) is 0 Å². The van der Waals surface area contributed by atoms with Gasteiger partial charge in [0.15, 0.2) is 5.71 Å². The number of alkyl halides is 3. The summed E-state index contributed by atoms with van der Waals surface area (Å²) in [6, 6.07) is 0. The maximum absolute atomic E-state index is 12.5. The van der Waals surface area contributed by atoms with E-state index >= 15 is 0 Å². The van der Waals surface area contributed by atoms with Gasteiger partial charge in [0.1, 0.15) is 6.10 Å². The van der Waals surface area contributed by atoms with E-state index in [4.69, 9.17) is 4.84 Å². The van der Waals surface area contributed by atoms with Crippen LogP contribution in [0, 0.1) is 17.8 Å². The lowest BCUT2D eigenvalue weighted by Gasteiger charge is -2.23. The van der Waals surface area contributed by atoms with Crippen molar-refractivity contribution in [3.8, 4) is 0 Å². The van der Waals surface area contributed by atoms with E-state index in [2.05, 4.69) is 5.16 Å². The van der Waals surface area contributed by atoms with E-state index in [0.717, 1.165) is 19.3 Å². The molecular weight excluding hydrogens is 195 g/mol. The Balaban J connectivity index is 1.91. The van der Waals surface area contributed by atoms with Gasteiger partial charge in [0.25, 0.3) is 0 Å². The molecule has 0 saturated heterocycles. The average Bonchev–Trinajstić information content (AvgIpc) is 2.74. The van der Waals surface area contributed by atoms with Crippen molar-refractivity contribution in [1.82, 2.24) is 0 Å². The third-order valence-electron chi connectivity index (χ3n) is 3.72. The molecule has 78 valence electrons. The van der Waals surface area contributed by atoms with Crippen molar-refractivity contribution in [1.29, 1.82) is 0 Å². The summed E-state index contributed by atoms with van der Waals surface area (Å²) in [6.45, 7) is 0. The summed E-state index contributed by atoms with van der Waals surface area (Å²) < 4.78 is 37.5. The van der Waals surface area contributed by atoms with Crippen LogP contribution in [-0.4, -0.2) is 18.0 Å². The first-order chi connectivity index (χ1) is 6.57. The first kappa shape index (κ1) is 8.56. The molecule has 0 radical (unpaired) electrons. The fourth-order valence-corrected chi connectivity index (χ4v) is 3.19. The zero-order valence-electron chi connectivity index (χ0n) is 7.42. The number of hydrogen-bond donors (Lipinski definition) is 0. The van der Waals surface area contributed by atoms with Gasteiger partial charge in [-0.1, -0.05) is 5.16 Å². The van der Waals surface area contributed by atoms with Crippen molar-refractivity contribution in [3.05, 3.63) is 0 Å². The molecule has 2 bridgehead atoms. The first-order valence-corrected chi connectivity index (χ1v) is 4.88. The molecule has 14 heavy (non-hydrogen) atoms. The van der Waals surface area contributed by atoms with E-state index < -0.39 is 17.8 Å². The highest BCUT2D eigenvalue weighted by atomic mass is 19.4. The van der Waals surface area contributed by atoms with Gasteiger partial charge in [0, 0.05) is 0 Å². The molecule has 0 aromatic heterocycles. The van der Waals surface area contributed by atoms with Crippen LogP contribution in [0.15, 0.2) is 5.16 Å². The van der Waals surface area contributed by atoms with Crippen molar-refractivity contribution >= 4 is 5.71 Å². The largest absolute Gasteiger partial charge is 0.433 e. The van der Waals surface area contributed by atoms with Crippen LogP contribution < -0.4 is 0 Å². The van der Waals surface area contributed by atoms with Gasteiger partial charge < -0.3 is 4.84 Å². The second kappa shape index (κ2) is 2.44. The molecule has 2 nitrogen and oxygen atoms in total. The minimum atomic E-state index is -4.30. The molecular formula is C9H10F3NO. The quantitative estimate of drug-likeness (QED) is 0.594. The maximum atomic E-state index is 12.5. The molecule has 0 amide bonds. The van der Waals surface area contributed by atoms with Crippen molar-refractivity contribution in [2.45, 2.75) is 31.5 Å². The Hall–Kier alpha value is -0.740. The average molecular weight is 205 g/mol. The number of rotatable bonds is 0. The molecule has 0 aromatic rings. The Morgan fingerprint density at radius 2 is 1.93 bits per heavy atom. The van der Waals surface area contributed by atoms with Crippen LogP contribution in [0.4, 0.5) is 13.2 Å². The number of hydrogen-bond acceptors (Lipinski definition) is 2. The van der Waals surface area contributed by atoms with Crippen LogP contribution in [0.25, 0.3) is 0 Å². The molecule has 1 aliphatic heterocycles. The highest BCUT2D eigenvalue weighted by Crippen LogP contribution is 2.54. The molecule has 0 aromatic carbocycles. The summed E-state index contributed by atoms with van der Waals surface area (Å²) in [7, 11) is 0. The van der Waals surface area contributed by atoms with Crippen LogP contribution >= 0.6 is 0 Å². The summed E-state index contributed by atoms with van der Waals surface area (Å²) in [5, 5.41) is 3.22. The molecule has 3 rings (SSSR count). The zero-order valence-corrected chi connectivity index (χ0v) is 7.42. The predicted molar refractivity (Wildman–Crippen MR) is 42.7 cm³/mol. The Labute approximate surface area is 79.1 Å². The molecule has 0 spiro atoms. The summed E-state index contributed by atoms with van der Waals surface area (Å²) >= 11 is 0. The minimum absolute atomic E-state index is 0.160. The number of fused-ring (bicyclic) bond motifs is 5. The highest BCUT2D eigenvalue weighted by Gasteiger charge is 2.60. The lowest BCUT2D eigenvalue weighted by molar-refractivity contribution is -0.0633. The van der Waals surface area contributed by atoms with Crippen molar-refractivity contribution in [2.24, 2.45) is 22.9 Å². The van der Waals surface area contributed by atoms with Crippen molar-refractivity contribution in [2.75, 3.05) is 0 Å². The molecule has 2 aliphatic carbocycles. The van der Waals surface area contributed by atoms with Gasteiger partial charge in [-0.05, 0) is 31.1 Å². The van der Waals surface area contributed by atoms with E-state index in [1.807, 2.05) is 0 Å². The molecule has 3 aliphatic rings. The van der Waals surface area contributed by atoms with Crippen molar-refractivity contribution in [3.63, 3.8) is 0 Å².